The van der Waals surface area contributed by atoms with Crippen molar-refractivity contribution in [3.8, 4) is 0 Å². The first-order chi connectivity index (χ1) is 8.68. The van der Waals surface area contributed by atoms with Crippen molar-refractivity contribution in [1.29, 1.82) is 0 Å². The van der Waals surface area contributed by atoms with Crippen LogP contribution >= 0.6 is 0 Å². The summed E-state index contributed by atoms with van der Waals surface area (Å²) in [5, 5.41) is 7.67. The third-order valence-electron chi connectivity index (χ3n) is 2.91. The second kappa shape index (κ2) is 5.73. The fraction of sp³-hybridized carbons (Fsp3) is 0.462. The van der Waals surface area contributed by atoms with Crippen molar-refractivity contribution in [2.75, 3.05) is 0 Å². The van der Waals surface area contributed by atoms with E-state index in [1.807, 2.05) is 29.2 Å². The quantitative estimate of drug-likeness (QED) is 0.876. The van der Waals surface area contributed by atoms with Gasteiger partial charge in [0.15, 0.2) is 0 Å². The highest BCUT2D eigenvalue weighted by molar-refractivity contribution is 5.13. The van der Waals surface area contributed by atoms with E-state index < -0.39 is 0 Å². The van der Waals surface area contributed by atoms with Gasteiger partial charge in [-0.1, -0.05) is 0 Å². The molecule has 18 heavy (non-hydrogen) atoms. The molecule has 0 spiro atoms. The Morgan fingerprint density at radius 3 is 2.61 bits per heavy atom. The van der Waals surface area contributed by atoms with E-state index in [0.29, 0.717) is 12.6 Å². The van der Waals surface area contributed by atoms with Crippen molar-refractivity contribution < 1.29 is 0 Å². The second-order valence-electron chi connectivity index (χ2n) is 4.60. The Morgan fingerprint density at radius 2 is 1.94 bits per heavy atom. The smallest absolute Gasteiger partial charge is 0.141 e. The van der Waals surface area contributed by atoms with Crippen LogP contribution in [0.25, 0.3) is 0 Å². The van der Waals surface area contributed by atoms with Crippen molar-refractivity contribution in [2.24, 2.45) is 0 Å². The fourth-order valence-corrected chi connectivity index (χ4v) is 1.85. The highest BCUT2D eigenvalue weighted by Gasteiger charge is 2.09. The molecular weight excluding hydrogens is 226 g/mol. The van der Waals surface area contributed by atoms with E-state index in [9.17, 15) is 0 Å². The Kier molecular flexibility index (Phi) is 4.04. The van der Waals surface area contributed by atoms with Gasteiger partial charge in [-0.3, -0.25) is 4.98 Å². The molecule has 0 amide bonds. The summed E-state index contributed by atoms with van der Waals surface area (Å²) < 4.78 is 1.94. The predicted molar refractivity (Wildman–Crippen MR) is 69.9 cm³/mol. The molecule has 1 N–H and O–H groups in total. The van der Waals surface area contributed by atoms with Gasteiger partial charge in [-0.05, 0) is 38.5 Å². The second-order valence-corrected chi connectivity index (χ2v) is 4.60. The number of rotatable bonds is 5. The Labute approximate surface area is 107 Å². The van der Waals surface area contributed by atoms with E-state index in [1.54, 1.807) is 6.33 Å². The van der Waals surface area contributed by atoms with Gasteiger partial charge >= 0.3 is 0 Å². The summed E-state index contributed by atoms with van der Waals surface area (Å²) in [5.41, 5.74) is 1.22. The summed E-state index contributed by atoms with van der Waals surface area (Å²) in [5.74, 6) is 0.964. The van der Waals surface area contributed by atoms with Crippen LogP contribution < -0.4 is 5.32 Å². The summed E-state index contributed by atoms with van der Waals surface area (Å²) in [6.07, 6.45) is 5.22. The number of hydrogen-bond donors (Lipinski definition) is 1. The highest BCUT2D eigenvalue weighted by atomic mass is 15.4. The predicted octanol–water partition coefficient (Wildman–Crippen LogP) is 2.10. The van der Waals surface area contributed by atoms with Gasteiger partial charge in [0.2, 0.25) is 0 Å². The minimum Gasteiger partial charge on any atom is -0.303 e. The van der Waals surface area contributed by atoms with Crippen molar-refractivity contribution in [1.82, 2.24) is 25.1 Å². The van der Waals surface area contributed by atoms with E-state index in [1.165, 1.54) is 5.56 Å². The molecular formula is C13H19N5. The normalized spacial score (nSPS) is 12.9. The number of aromatic nitrogens is 4. The first kappa shape index (κ1) is 12.7. The van der Waals surface area contributed by atoms with E-state index in [0.717, 1.165) is 5.82 Å². The van der Waals surface area contributed by atoms with Crippen LogP contribution in [0.4, 0.5) is 0 Å². The molecule has 0 saturated carbocycles. The minimum absolute atomic E-state index is 0.269. The average Bonchev–Trinajstić information content (AvgIpc) is 2.85. The monoisotopic (exact) mass is 245 g/mol. The number of nitrogens with zero attached hydrogens (tertiary/aromatic N) is 4. The minimum atomic E-state index is 0.269. The largest absolute Gasteiger partial charge is 0.303 e. The van der Waals surface area contributed by atoms with Crippen molar-refractivity contribution >= 4 is 0 Å². The van der Waals surface area contributed by atoms with Crippen LogP contribution in [-0.4, -0.2) is 19.7 Å². The van der Waals surface area contributed by atoms with Gasteiger partial charge in [0.1, 0.15) is 12.2 Å². The number of hydrogen-bond acceptors (Lipinski definition) is 4. The first-order valence-electron chi connectivity index (χ1n) is 6.20. The van der Waals surface area contributed by atoms with Gasteiger partial charge < -0.3 is 5.32 Å². The highest BCUT2D eigenvalue weighted by Crippen LogP contribution is 2.11. The van der Waals surface area contributed by atoms with E-state index >= 15 is 0 Å². The van der Waals surface area contributed by atoms with Gasteiger partial charge in [0.05, 0.1) is 6.54 Å². The van der Waals surface area contributed by atoms with Gasteiger partial charge in [0.25, 0.3) is 0 Å². The first-order valence-corrected chi connectivity index (χ1v) is 6.20. The molecule has 2 aromatic rings. The summed E-state index contributed by atoms with van der Waals surface area (Å²) in [4.78, 5) is 8.30. The third-order valence-corrected chi connectivity index (χ3v) is 2.91. The molecule has 0 aliphatic rings. The van der Waals surface area contributed by atoms with Crippen molar-refractivity contribution in [3.05, 3.63) is 42.2 Å². The Balaban J connectivity index is 1.97. The maximum Gasteiger partial charge on any atom is 0.141 e. The molecule has 0 aliphatic carbocycles. The fourth-order valence-electron chi connectivity index (χ4n) is 1.85. The lowest BCUT2D eigenvalue weighted by molar-refractivity contribution is 0.473. The molecule has 5 heteroatoms. The zero-order chi connectivity index (χ0) is 13.0. The van der Waals surface area contributed by atoms with Crippen LogP contribution in [0.1, 0.15) is 44.2 Å². The Morgan fingerprint density at radius 1 is 1.22 bits per heavy atom. The molecule has 0 aliphatic heterocycles. The van der Waals surface area contributed by atoms with Crippen LogP contribution in [-0.2, 0) is 6.54 Å². The SMILES string of the molecule is CC(NCc1ncnn1C(C)C)c1ccncc1. The Bertz CT molecular complexity index is 477. The zero-order valence-electron chi connectivity index (χ0n) is 11.0. The molecule has 0 radical (unpaired) electrons. The summed E-state index contributed by atoms with van der Waals surface area (Å²) >= 11 is 0. The topological polar surface area (TPSA) is 55.6 Å². The number of pyridine rings is 1. The van der Waals surface area contributed by atoms with Crippen LogP contribution in [0.3, 0.4) is 0 Å². The van der Waals surface area contributed by atoms with Crippen LogP contribution in [0.15, 0.2) is 30.9 Å². The lowest BCUT2D eigenvalue weighted by atomic mass is 10.1. The molecule has 0 aromatic carbocycles. The van der Waals surface area contributed by atoms with Crippen molar-refractivity contribution in [2.45, 2.75) is 39.4 Å². The van der Waals surface area contributed by atoms with Gasteiger partial charge in [0, 0.05) is 24.5 Å². The van der Waals surface area contributed by atoms with E-state index in [4.69, 9.17) is 0 Å². The average molecular weight is 245 g/mol. The van der Waals surface area contributed by atoms with Crippen LogP contribution in [0, 0.1) is 0 Å². The van der Waals surface area contributed by atoms with Gasteiger partial charge in [-0.25, -0.2) is 9.67 Å². The molecule has 2 rings (SSSR count). The molecule has 0 bridgehead atoms. The number of nitrogens with one attached hydrogen (secondary N) is 1. The molecule has 1 unspecified atom stereocenters. The summed E-state index contributed by atoms with van der Waals surface area (Å²) in [6.45, 7) is 7.04. The molecule has 2 aromatic heterocycles. The third kappa shape index (κ3) is 2.92. The Hall–Kier alpha value is -1.75. The lowest BCUT2D eigenvalue weighted by Crippen LogP contribution is -2.21. The zero-order valence-corrected chi connectivity index (χ0v) is 11.0. The molecule has 96 valence electrons. The summed E-state index contributed by atoms with van der Waals surface area (Å²) in [7, 11) is 0. The van der Waals surface area contributed by atoms with Gasteiger partial charge in [-0.15, -0.1) is 0 Å². The maximum absolute atomic E-state index is 4.28. The van der Waals surface area contributed by atoms with Crippen LogP contribution in [0.2, 0.25) is 0 Å². The van der Waals surface area contributed by atoms with E-state index in [2.05, 4.69) is 41.2 Å². The van der Waals surface area contributed by atoms with Gasteiger partial charge in [-0.2, -0.15) is 5.10 Å². The summed E-state index contributed by atoms with van der Waals surface area (Å²) in [6, 6.07) is 4.64. The maximum atomic E-state index is 4.28. The molecule has 5 nitrogen and oxygen atoms in total. The van der Waals surface area contributed by atoms with Crippen LogP contribution in [0.5, 0.6) is 0 Å². The van der Waals surface area contributed by atoms with E-state index in [-0.39, 0.29) is 6.04 Å². The molecule has 1 atom stereocenters. The van der Waals surface area contributed by atoms with Crippen molar-refractivity contribution in [3.63, 3.8) is 0 Å². The molecule has 2 heterocycles. The standard InChI is InChI=1S/C13H19N5/c1-10(2)18-13(16-9-17-18)8-15-11(3)12-4-6-14-7-5-12/h4-7,9-11,15H,8H2,1-3H3. The lowest BCUT2D eigenvalue weighted by Gasteiger charge is -2.15. The molecule has 0 fully saturated rings. The molecule has 0 saturated heterocycles.